The van der Waals surface area contributed by atoms with Crippen LogP contribution < -0.4 is 11.3 Å². The first-order chi connectivity index (χ1) is 14.0. The molecule has 0 saturated heterocycles. The number of hydrogen-bond acceptors (Lipinski definition) is 6. The lowest BCUT2D eigenvalue weighted by Gasteiger charge is -2.09. The van der Waals surface area contributed by atoms with Crippen molar-refractivity contribution in [2.45, 2.75) is 12.8 Å². The lowest BCUT2D eigenvalue weighted by Crippen LogP contribution is -2.16. The van der Waals surface area contributed by atoms with Gasteiger partial charge in [0.05, 0.1) is 38.2 Å². The molecule has 0 radical (unpaired) electrons. The number of aryl methyl sites for hydroxylation is 1. The van der Waals surface area contributed by atoms with Crippen LogP contribution in [0.3, 0.4) is 0 Å². The van der Waals surface area contributed by atoms with E-state index in [4.69, 9.17) is 17.3 Å². The van der Waals surface area contributed by atoms with Crippen LogP contribution in [0.25, 0.3) is 11.4 Å². The van der Waals surface area contributed by atoms with Crippen molar-refractivity contribution in [1.82, 2.24) is 19.6 Å². The molecule has 0 aliphatic rings. The van der Waals surface area contributed by atoms with Crippen molar-refractivity contribution in [3.63, 3.8) is 0 Å². The molecule has 1 aromatic carbocycles. The number of Topliss-reactive ketones (excluding diaryl/α,β-unsaturated/α-hetero) is 1. The fourth-order valence-electron chi connectivity index (χ4n) is 2.90. The molecule has 3 aromatic heterocycles. The second-order valence-electron chi connectivity index (χ2n) is 6.33. The van der Waals surface area contributed by atoms with Gasteiger partial charge in [-0.1, -0.05) is 22.9 Å². The fourth-order valence-corrected chi connectivity index (χ4v) is 3.91. The third-order valence-electron chi connectivity index (χ3n) is 4.36. The topological polar surface area (TPSA) is 95.8 Å². The van der Waals surface area contributed by atoms with E-state index in [2.05, 4.69) is 10.3 Å². The van der Waals surface area contributed by atoms with Gasteiger partial charge in [0.2, 0.25) is 0 Å². The van der Waals surface area contributed by atoms with E-state index in [0.717, 1.165) is 0 Å². The Labute approximate surface area is 175 Å². The van der Waals surface area contributed by atoms with Gasteiger partial charge in [0.15, 0.2) is 5.78 Å². The molecule has 3 heterocycles. The molecule has 146 valence electrons. The average molecular weight is 426 g/mol. The molecule has 0 aliphatic heterocycles. The second-order valence-corrected chi connectivity index (χ2v) is 8.05. The number of carbonyl (C=O) groups excluding carboxylic acids is 1. The quantitative estimate of drug-likeness (QED) is 0.376. The summed E-state index contributed by atoms with van der Waals surface area (Å²) in [6.45, 7) is 0. The zero-order valence-electron chi connectivity index (χ0n) is 15.2. The van der Waals surface area contributed by atoms with Crippen LogP contribution in [-0.2, 0) is 6.42 Å². The molecular formula is C20H16ClN5O2S. The van der Waals surface area contributed by atoms with E-state index < -0.39 is 0 Å². The van der Waals surface area contributed by atoms with Gasteiger partial charge in [0, 0.05) is 25.1 Å². The first-order valence-corrected chi connectivity index (χ1v) is 9.98. The summed E-state index contributed by atoms with van der Waals surface area (Å²) in [4.78, 5) is 24.8. The summed E-state index contributed by atoms with van der Waals surface area (Å²) in [5.74, 6) is 0.0219. The highest BCUT2D eigenvalue weighted by atomic mass is 35.5. The first-order valence-electron chi connectivity index (χ1n) is 8.79. The molecule has 29 heavy (non-hydrogen) atoms. The number of thiophene rings is 1. The zero-order chi connectivity index (χ0) is 20.4. The Morgan fingerprint density at radius 1 is 1.17 bits per heavy atom. The monoisotopic (exact) mass is 425 g/mol. The van der Waals surface area contributed by atoms with Gasteiger partial charge in [0.1, 0.15) is 0 Å². The fraction of sp³-hybridized carbons (Fsp3) is 0.100. The van der Waals surface area contributed by atoms with E-state index in [1.807, 2.05) is 0 Å². The van der Waals surface area contributed by atoms with Gasteiger partial charge in [-0.15, -0.1) is 16.4 Å². The van der Waals surface area contributed by atoms with Crippen LogP contribution in [0, 0.1) is 0 Å². The molecule has 4 aromatic rings. The van der Waals surface area contributed by atoms with Gasteiger partial charge in [-0.3, -0.25) is 14.2 Å². The van der Waals surface area contributed by atoms with Gasteiger partial charge in [-0.2, -0.15) is 0 Å². The Hall–Kier alpha value is -3.23. The second kappa shape index (κ2) is 8.02. The van der Waals surface area contributed by atoms with Gasteiger partial charge in [-0.25, -0.2) is 4.68 Å². The molecule has 0 aliphatic carbocycles. The van der Waals surface area contributed by atoms with Crippen LogP contribution in [-0.4, -0.2) is 25.3 Å². The highest BCUT2D eigenvalue weighted by molar-refractivity contribution is 7.18. The number of nitrogen functional groups attached to an aromatic ring is 1. The van der Waals surface area contributed by atoms with Crippen molar-refractivity contribution in [2.75, 3.05) is 5.73 Å². The minimum atomic E-state index is -0.139. The van der Waals surface area contributed by atoms with Crippen molar-refractivity contribution in [3.05, 3.63) is 86.2 Å². The van der Waals surface area contributed by atoms with Crippen molar-refractivity contribution in [3.8, 4) is 11.4 Å². The maximum atomic E-state index is 12.2. The number of halogens is 1. The van der Waals surface area contributed by atoms with Gasteiger partial charge < -0.3 is 5.73 Å². The SMILES string of the molecule is Nc1cc(-n2ccccc2=O)ccc1-n1cc(CCC(=O)c2ccc(Cl)s2)nn1. The molecule has 0 spiro atoms. The number of nitrogens with two attached hydrogens (primary N) is 1. The van der Waals surface area contributed by atoms with Crippen molar-refractivity contribution < 1.29 is 4.79 Å². The van der Waals surface area contributed by atoms with E-state index in [0.29, 0.717) is 44.8 Å². The molecule has 9 heteroatoms. The maximum absolute atomic E-state index is 12.2. The number of nitrogens with zero attached hydrogens (tertiary/aromatic N) is 4. The summed E-state index contributed by atoms with van der Waals surface area (Å²) < 4.78 is 3.67. The maximum Gasteiger partial charge on any atom is 0.255 e. The van der Waals surface area contributed by atoms with E-state index in [1.165, 1.54) is 22.0 Å². The van der Waals surface area contributed by atoms with Crippen LogP contribution in [0.5, 0.6) is 0 Å². The van der Waals surface area contributed by atoms with E-state index in [-0.39, 0.29) is 11.3 Å². The average Bonchev–Trinajstić information content (AvgIpc) is 3.35. The summed E-state index contributed by atoms with van der Waals surface area (Å²) in [6.07, 6.45) is 4.21. The van der Waals surface area contributed by atoms with Crippen molar-refractivity contribution >= 4 is 34.4 Å². The summed E-state index contributed by atoms with van der Waals surface area (Å²) in [7, 11) is 0. The molecule has 0 amide bonds. The number of carbonyl (C=O) groups is 1. The predicted molar refractivity (Wildman–Crippen MR) is 113 cm³/mol. The number of rotatable bonds is 6. The Morgan fingerprint density at radius 2 is 2.03 bits per heavy atom. The van der Waals surface area contributed by atoms with E-state index >= 15 is 0 Å². The van der Waals surface area contributed by atoms with Gasteiger partial charge in [0.25, 0.3) is 5.56 Å². The zero-order valence-corrected chi connectivity index (χ0v) is 16.7. The van der Waals surface area contributed by atoms with Crippen LogP contribution in [0.1, 0.15) is 21.8 Å². The van der Waals surface area contributed by atoms with Crippen molar-refractivity contribution in [1.29, 1.82) is 0 Å². The number of ketones is 1. The molecule has 0 bridgehead atoms. The Bertz CT molecular complexity index is 1240. The molecule has 2 N–H and O–H groups in total. The summed E-state index contributed by atoms with van der Waals surface area (Å²) in [5.41, 5.74) is 8.49. The van der Waals surface area contributed by atoms with Gasteiger partial charge in [-0.05, 0) is 36.4 Å². The minimum Gasteiger partial charge on any atom is -0.397 e. The normalized spacial score (nSPS) is 10.9. The Morgan fingerprint density at radius 3 is 2.76 bits per heavy atom. The molecule has 0 fully saturated rings. The summed E-state index contributed by atoms with van der Waals surface area (Å²) in [6, 6.07) is 13.7. The number of anilines is 1. The van der Waals surface area contributed by atoms with Crippen LogP contribution in [0.2, 0.25) is 4.34 Å². The molecule has 0 saturated carbocycles. The number of aromatic nitrogens is 4. The Kier molecular flexibility index (Phi) is 5.28. The highest BCUT2D eigenvalue weighted by Gasteiger charge is 2.12. The number of pyridine rings is 1. The van der Waals surface area contributed by atoms with Crippen LogP contribution in [0.15, 0.2) is 65.7 Å². The number of hydrogen-bond donors (Lipinski definition) is 1. The third kappa shape index (κ3) is 4.13. The highest BCUT2D eigenvalue weighted by Crippen LogP contribution is 2.23. The van der Waals surface area contributed by atoms with Crippen LogP contribution in [0.4, 0.5) is 5.69 Å². The lowest BCUT2D eigenvalue weighted by molar-refractivity contribution is 0.0986. The standard InChI is InChI=1S/C20H16ClN5O2S/c21-19-9-8-18(29-19)17(27)7-4-13-12-26(24-23-13)16-6-5-14(11-15(16)22)25-10-2-1-3-20(25)28/h1-3,5-6,8-12H,4,7,22H2. The summed E-state index contributed by atoms with van der Waals surface area (Å²) in [5, 5.41) is 8.24. The summed E-state index contributed by atoms with van der Waals surface area (Å²) >= 11 is 7.15. The number of benzene rings is 1. The molecule has 0 unspecified atom stereocenters. The van der Waals surface area contributed by atoms with Crippen molar-refractivity contribution in [2.24, 2.45) is 0 Å². The smallest absolute Gasteiger partial charge is 0.255 e. The predicted octanol–water partition coefficient (Wildman–Crippen LogP) is 3.53. The largest absolute Gasteiger partial charge is 0.397 e. The molecule has 0 atom stereocenters. The molecular weight excluding hydrogens is 410 g/mol. The third-order valence-corrected chi connectivity index (χ3v) is 5.63. The van der Waals surface area contributed by atoms with E-state index in [1.54, 1.807) is 59.5 Å². The van der Waals surface area contributed by atoms with E-state index in [9.17, 15) is 9.59 Å². The Balaban J connectivity index is 1.50. The minimum absolute atomic E-state index is 0.0219. The lowest BCUT2D eigenvalue weighted by atomic mass is 10.1. The molecule has 7 nitrogen and oxygen atoms in total. The van der Waals surface area contributed by atoms with Gasteiger partial charge >= 0.3 is 0 Å². The van der Waals surface area contributed by atoms with Crippen LogP contribution >= 0.6 is 22.9 Å². The first kappa shape index (κ1) is 19.1. The molecule has 4 rings (SSSR count).